The van der Waals surface area contributed by atoms with Crippen LogP contribution in [0.2, 0.25) is 0 Å². The van der Waals surface area contributed by atoms with Crippen LogP contribution in [-0.4, -0.2) is 24.0 Å². The number of pyridine rings is 1. The highest BCUT2D eigenvalue weighted by Crippen LogP contribution is 2.19. The van der Waals surface area contributed by atoms with Crippen molar-refractivity contribution in [1.82, 2.24) is 0 Å². The lowest BCUT2D eigenvalue weighted by Gasteiger charge is -2.24. The molecule has 4 heteroatoms. The second kappa shape index (κ2) is 10.7. The van der Waals surface area contributed by atoms with Crippen molar-refractivity contribution in [3.8, 4) is 0 Å². The molecule has 0 fully saturated rings. The summed E-state index contributed by atoms with van der Waals surface area (Å²) in [6.45, 7) is 2.50. The van der Waals surface area contributed by atoms with Crippen LogP contribution in [-0.2, 0) is 13.1 Å². The Kier molecular flexibility index (Phi) is 7.71. The molecule has 0 atom stereocenters. The maximum Gasteiger partial charge on any atom is 0.205 e. The van der Waals surface area contributed by atoms with E-state index in [4.69, 9.17) is 0 Å². The molecular formula is C24H27N2OS+. The van der Waals surface area contributed by atoms with E-state index in [-0.39, 0.29) is 6.61 Å². The number of thiol groups is 1. The predicted molar refractivity (Wildman–Crippen MR) is 120 cm³/mol. The number of anilines is 1. The first-order valence-electron chi connectivity index (χ1n) is 9.57. The smallest absolute Gasteiger partial charge is 0.205 e. The molecule has 2 aromatic carbocycles. The monoisotopic (exact) mass is 391 g/mol. The number of hydrogen-bond acceptors (Lipinski definition) is 3. The summed E-state index contributed by atoms with van der Waals surface area (Å²) >= 11 is 4.42. The number of rotatable bonds is 9. The zero-order valence-corrected chi connectivity index (χ0v) is 16.9. The average Bonchev–Trinajstić information content (AvgIpc) is 2.74. The molecule has 0 spiro atoms. The molecule has 0 bridgehead atoms. The van der Waals surface area contributed by atoms with E-state index in [2.05, 4.69) is 84.3 Å². The minimum atomic E-state index is 0.132. The van der Waals surface area contributed by atoms with Crippen molar-refractivity contribution in [1.29, 1.82) is 0 Å². The largest absolute Gasteiger partial charge is 0.390 e. The Morgan fingerprint density at radius 2 is 1.64 bits per heavy atom. The fourth-order valence-corrected chi connectivity index (χ4v) is 3.40. The molecular weight excluding hydrogens is 364 g/mol. The van der Waals surface area contributed by atoms with Gasteiger partial charge in [-0.25, -0.2) is 0 Å². The zero-order valence-electron chi connectivity index (χ0n) is 16.0. The van der Waals surface area contributed by atoms with Crippen LogP contribution in [0.4, 0.5) is 5.69 Å². The number of aromatic nitrogens is 1. The molecule has 1 aromatic heterocycles. The van der Waals surface area contributed by atoms with E-state index in [1.807, 2.05) is 29.0 Å². The van der Waals surface area contributed by atoms with E-state index in [0.717, 1.165) is 30.1 Å². The Balaban J connectivity index is 1.73. The van der Waals surface area contributed by atoms with E-state index in [1.165, 1.54) is 11.3 Å². The first-order chi connectivity index (χ1) is 13.8. The molecule has 1 N–H and O–H groups in total. The molecule has 28 heavy (non-hydrogen) atoms. The summed E-state index contributed by atoms with van der Waals surface area (Å²) in [6.07, 6.45) is 6.17. The lowest BCUT2D eigenvalue weighted by Crippen LogP contribution is -2.38. The van der Waals surface area contributed by atoms with Crippen LogP contribution in [0.1, 0.15) is 16.8 Å². The normalized spacial score (nSPS) is 11.1. The van der Waals surface area contributed by atoms with Crippen molar-refractivity contribution in [2.75, 3.05) is 23.8 Å². The Morgan fingerprint density at radius 3 is 2.36 bits per heavy atom. The molecule has 0 saturated carbocycles. The molecule has 0 aliphatic heterocycles. The molecule has 3 aromatic rings. The van der Waals surface area contributed by atoms with E-state index >= 15 is 0 Å². The minimum absolute atomic E-state index is 0.132. The third kappa shape index (κ3) is 5.72. The van der Waals surface area contributed by atoms with Crippen LogP contribution in [0.3, 0.4) is 0 Å². The van der Waals surface area contributed by atoms with Gasteiger partial charge in [0.15, 0.2) is 12.7 Å². The van der Waals surface area contributed by atoms with Crippen LogP contribution >= 0.6 is 12.6 Å². The van der Waals surface area contributed by atoms with E-state index in [9.17, 15) is 5.11 Å². The first-order valence-corrected chi connectivity index (χ1v) is 10.2. The number of benzene rings is 2. The zero-order chi connectivity index (χ0) is 19.6. The van der Waals surface area contributed by atoms with E-state index < -0.39 is 0 Å². The number of hydrogen-bond donors (Lipinski definition) is 2. The summed E-state index contributed by atoms with van der Waals surface area (Å²) in [4.78, 5) is 2.35. The van der Waals surface area contributed by atoms with Gasteiger partial charge in [-0.15, -0.1) is 0 Å². The van der Waals surface area contributed by atoms with E-state index in [0.29, 0.717) is 6.54 Å². The van der Waals surface area contributed by atoms with Gasteiger partial charge >= 0.3 is 0 Å². The molecule has 0 amide bonds. The van der Waals surface area contributed by atoms with Crippen LogP contribution in [0.25, 0.3) is 12.2 Å². The molecule has 0 unspecified atom stereocenters. The third-order valence-electron chi connectivity index (χ3n) is 4.61. The predicted octanol–water partition coefficient (Wildman–Crippen LogP) is 4.07. The van der Waals surface area contributed by atoms with Gasteiger partial charge in [-0.05, 0) is 35.4 Å². The fourth-order valence-electron chi connectivity index (χ4n) is 3.15. The van der Waals surface area contributed by atoms with Crippen LogP contribution in [0, 0.1) is 0 Å². The number of aliphatic hydroxyl groups is 1. The lowest BCUT2D eigenvalue weighted by molar-refractivity contribution is -0.699. The topological polar surface area (TPSA) is 27.4 Å². The quantitative estimate of drug-likeness (QED) is 0.425. The standard InChI is InChI=1S/C24H26N2OS/c27-18-16-25-15-5-4-8-23(25)12-9-21-10-13-24(14-11-21)26(17-19-28)20-22-6-2-1-3-7-22/h1-15,27H,16-20H2/p+1. The highest BCUT2D eigenvalue weighted by Gasteiger charge is 2.07. The third-order valence-corrected chi connectivity index (χ3v) is 4.81. The van der Waals surface area contributed by atoms with Crippen molar-refractivity contribution in [3.05, 3.63) is 95.8 Å². The summed E-state index contributed by atoms with van der Waals surface area (Å²) in [7, 11) is 0. The van der Waals surface area contributed by atoms with Crippen LogP contribution in [0.5, 0.6) is 0 Å². The fraction of sp³-hybridized carbons (Fsp3) is 0.208. The molecule has 3 rings (SSSR count). The van der Waals surface area contributed by atoms with Crippen LogP contribution < -0.4 is 9.47 Å². The molecule has 1 heterocycles. The minimum Gasteiger partial charge on any atom is -0.390 e. The van der Waals surface area contributed by atoms with Gasteiger partial charge in [0, 0.05) is 42.7 Å². The molecule has 0 radical (unpaired) electrons. The number of aliphatic hydroxyl groups excluding tert-OH is 1. The van der Waals surface area contributed by atoms with Gasteiger partial charge in [-0.1, -0.05) is 42.5 Å². The van der Waals surface area contributed by atoms with Crippen molar-refractivity contribution in [2.24, 2.45) is 0 Å². The summed E-state index contributed by atoms with van der Waals surface area (Å²) in [5.74, 6) is 0.813. The van der Waals surface area contributed by atoms with Gasteiger partial charge in [0.1, 0.15) is 6.61 Å². The molecule has 0 aliphatic rings. The van der Waals surface area contributed by atoms with Crippen molar-refractivity contribution >= 4 is 30.5 Å². The Hall–Kier alpha value is -2.56. The molecule has 3 nitrogen and oxygen atoms in total. The van der Waals surface area contributed by atoms with Crippen molar-refractivity contribution in [3.63, 3.8) is 0 Å². The summed E-state index contributed by atoms with van der Waals surface area (Å²) in [6, 6.07) is 25.2. The second-order valence-electron chi connectivity index (χ2n) is 6.60. The van der Waals surface area contributed by atoms with Gasteiger partial charge in [0.25, 0.3) is 0 Å². The van der Waals surface area contributed by atoms with E-state index in [1.54, 1.807) is 0 Å². The SMILES string of the molecule is OCC[n+]1ccccc1/C=C/c1ccc(N(CCS)Cc2ccccc2)cc1. The van der Waals surface area contributed by atoms with Crippen LogP contribution in [0.15, 0.2) is 79.0 Å². The van der Waals surface area contributed by atoms with Crippen molar-refractivity contribution in [2.45, 2.75) is 13.1 Å². The second-order valence-corrected chi connectivity index (χ2v) is 7.05. The highest BCUT2D eigenvalue weighted by atomic mass is 32.1. The van der Waals surface area contributed by atoms with Gasteiger partial charge < -0.3 is 10.0 Å². The molecule has 144 valence electrons. The molecule has 0 aliphatic carbocycles. The Labute approximate surface area is 173 Å². The van der Waals surface area contributed by atoms with Gasteiger partial charge in [-0.3, -0.25) is 0 Å². The molecule has 0 saturated heterocycles. The van der Waals surface area contributed by atoms with Gasteiger partial charge in [-0.2, -0.15) is 17.2 Å². The Morgan fingerprint density at radius 1 is 0.893 bits per heavy atom. The summed E-state index contributed by atoms with van der Waals surface area (Å²) < 4.78 is 2.04. The number of nitrogens with zero attached hydrogens (tertiary/aromatic N) is 2. The highest BCUT2D eigenvalue weighted by molar-refractivity contribution is 7.80. The summed E-state index contributed by atoms with van der Waals surface area (Å²) in [5.41, 5.74) is 4.71. The van der Waals surface area contributed by atoms with Gasteiger partial charge in [0.2, 0.25) is 5.69 Å². The summed E-state index contributed by atoms with van der Waals surface area (Å²) in [5, 5.41) is 9.21. The van der Waals surface area contributed by atoms with Gasteiger partial charge in [0.05, 0.1) is 0 Å². The maximum atomic E-state index is 9.21. The Bertz CT molecular complexity index is 879. The first kappa shape index (κ1) is 20.2. The van der Waals surface area contributed by atoms with Crippen molar-refractivity contribution < 1.29 is 9.67 Å². The average molecular weight is 392 g/mol. The maximum absolute atomic E-state index is 9.21. The lowest BCUT2D eigenvalue weighted by atomic mass is 10.1.